The number of likely N-dealkylation sites (N-methyl/N-ethyl adjacent to an activating group) is 1. The van der Waals surface area contributed by atoms with Crippen LogP contribution in [0.5, 0.6) is 0 Å². The number of anilines is 5. The second kappa shape index (κ2) is 10.4. The number of benzene rings is 2. The molecule has 1 aliphatic rings. The molecule has 0 radical (unpaired) electrons. The molecule has 0 bridgehead atoms. The Bertz CT molecular complexity index is 1080. The maximum atomic E-state index is 10.8. The monoisotopic (exact) mass is 431 g/mol. The van der Waals surface area contributed by atoms with E-state index in [-0.39, 0.29) is 0 Å². The Balaban J connectivity index is 2.17. The van der Waals surface area contributed by atoms with Crippen molar-refractivity contribution in [1.29, 1.82) is 5.26 Å². The van der Waals surface area contributed by atoms with Gasteiger partial charge in [-0.1, -0.05) is 6.07 Å². The van der Waals surface area contributed by atoms with Crippen LogP contribution < -0.4 is 26.2 Å². The van der Waals surface area contributed by atoms with Crippen LogP contribution in [0.1, 0.15) is 17.5 Å². The summed E-state index contributed by atoms with van der Waals surface area (Å²) in [6.45, 7) is 2.10. The molecule has 0 atom stereocenters. The Hall–Kier alpha value is -3.99. The van der Waals surface area contributed by atoms with Gasteiger partial charge in [0.25, 0.3) is 0 Å². The van der Waals surface area contributed by atoms with E-state index in [9.17, 15) is 10.1 Å². The van der Waals surface area contributed by atoms with E-state index in [1.54, 1.807) is 13.3 Å². The number of allylic oxidation sites excluding steroid dienone is 1. The molecule has 4 N–H and O–H groups in total. The van der Waals surface area contributed by atoms with E-state index >= 15 is 0 Å². The molecule has 166 valence electrons. The molecule has 0 amide bonds. The predicted octanol–water partition coefficient (Wildman–Crippen LogP) is 3.19. The van der Waals surface area contributed by atoms with Crippen molar-refractivity contribution in [2.45, 2.75) is 6.42 Å². The Morgan fingerprint density at radius 2 is 2.09 bits per heavy atom. The number of fused-ring (bicyclic) bond motifs is 1. The van der Waals surface area contributed by atoms with Crippen molar-refractivity contribution < 1.29 is 4.79 Å². The summed E-state index contributed by atoms with van der Waals surface area (Å²) < 4.78 is 0. The van der Waals surface area contributed by atoms with Crippen molar-refractivity contribution in [2.24, 2.45) is 10.7 Å². The molecule has 0 saturated heterocycles. The van der Waals surface area contributed by atoms with Crippen LogP contribution in [0, 0.1) is 11.3 Å². The van der Waals surface area contributed by atoms with Crippen molar-refractivity contribution >= 4 is 46.5 Å². The van der Waals surface area contributed by atoms with Crippen molar-refractivity contribution in [3.8, 4) is 6.07 Å². The zero-order valence-corrected chi connectivity index (χ0v) is 18.7. The van der Waals surface area contributed by atoms with Gasteiger partial charge in [0, 0.05) is 70.7 Å². The molecular formula is C24H29N7O. The number of carbonyl (C=O) groups excluding carboxylic acids is 1. The van der Waals surface area contributed by atoms with Gasteiger partial charge in [-0.15, -0.1) is 0 Å². The van der Waals surface area contributed by atoms with E-state index in [1.165, 1.54) is 6.20 Å². The molecule has 0 spiro atoms. The van der Waals surface area contributed by atoms with E-state index in [4.69, 9.17) is 5.73 Å². The summed E-state index contributed by atoms with van der Waals surface area (Å²) in [6, 6.07) is 12.3. The van der Waals surface area contributed by atoms with Crippen molar-refractivity contribution in [1.82, 2.24) is 0 Å². The molecule has 1 heterocycles. The molecule has 32 heavy (non-hydrogen) atoms. The highest BCUT2D eigenvalue weighted by molar-refractivity contribution is 6.11. The Labute approximate surface area is 189 Å². The Kier molecular flexibility index (Phi) is 7.34. The van der Waals surface area contributed by atoms with Crippen LogP contribution in [-0.4, -0.2) is 53.3 Å². The summed E-state index contributed by atoms with van der Waals surface area (Å²) in [4.78, 5) is 19.3. The summed E-state index contributed by atoms with van der Waals surface area (Å²) >= 11 is 0. The maximum absolute atomic E-state index is 10.8. The summed E-state index contributed by atoms with van der Waals surface area (Å²) in [5.74, 6) is 0. The van der Waals surface area contributed by atoms with Crippen LogP contribution in [0.15, 0.2) is 41.5 Å². The molecule has 8 heteroatoms. The minimum atomic E-state index is 0.423. The average Bonchev–Trinajstić information content (AvgIpc) is 2.82. The van der Waals surface area contributed by atoms with Crippen LogP contribution in [0.4, 0.5) is 28.4 Å². The van der Waals surface area contributed by atoms with Gasteiger partial charge in [-0.3, -0.25) is 4.99 Å². The zero-order valence-electron chi connectivity index (χ0n) is 18.7. The number of nitrogens with one attached hydrogen (secondary N) is 2. The van der Waals surface area contributed by atoms with E-state index in [0.717, 1.165) is 53.4 Å². The first-order valence-electron chi connectivity index (χ1n) is 10.5. The van der Waals surface area contributed by atoms with Crippen molar-refractivity contribution in [2.75, 3.05) is 61.2 Å². The van der Waals surface area contributed by atoms with Gasteiger partial charge in [-0.2, -0.15) is 5.26 Å². The van der Waals surface area contributed by atoms with Crippen LogP contribution in [-0.2, 0) is 4.79 Å². The van der Waals surface area contributed by atoms with Gasteiger partial charge >= 0.3 is 0 Å². The lowest BCUT2D eigenvalue weighted by Gasteiger charge is -2.38. The molecule has 2 aromatic carbocycles. The third-order valence-corrected chi connectivity index (χ3v) is 5.52. The number of nitrogens with two attached hydrogens (primary N) is 1. The lowest BCUT2D eigenvalue weighted by atomic mass is 9.97. The molecule has 0 unspecified atom stereocenters. The van der Waals surface area contributed by atoms with Crippen LogP contribution >= 0.6 is 0 Å². The fraction of sp³-hybridized carbons (Fsp3) is 0.292. The number of hydrogen-bond donors (Lipinski definition) is 3. The van der Waals surface area contributed by atoms with E-state index in [2.05, 4.69) is 31.5 Å². The topological polar surface area (TPSA) is 110 Å². The minimum Gasteiger partial charge on any atom is -0.404 e. The number of para-hydroxylation sites is 1. The highest BCUT2D eigenvalue weighted by Gasteiger charge is 2.26. The quantitative estimate of drug-likeness (QED) is 0.334. The number of nitriles is 1. The molecule has 0 aromatic heterocycles. The Morgan fingerprint density at radius 3 is 2.75 bits per heavy atom. The summed E-state index contributed by atoms with van der Waals surface area (Å²) in [6.07, 6.45) is 4.46. The smallest absolute Gasteiger partial charge is 0.121 e. The number of hydrogen-bond acceptors (Lipinski definition) is 8. The van der Waals surface area contributed by atoms with E-state index in [1.807, 2.05) is 44.4 Å². The average molecular weight is 432 g/mol. The normalized spacial score (nSPS) is 13.6. The number of aliphatic imine (C=N–C) groups is 1. The van der Waals surface area contributed by atoms with E-state index < -0.39 is 0 Å². The molecule has 0 aliphatic carbocycles. The van der Waals surface area contributed by atoms with Crippen LogP contribution in [0.2, 0.25) is 0 Å². The first-order chi connectivity index (χ1) is 15.6. The van der Waals surface area contributed by atoms with Gasteiger partial charge in [0.1, 0.15) is 6.29 Å². The highest BCUT2D eigenvalue weighted by Crippen LogP contribution is 2.44. The maximum Gasteiger partial charge on any atom is 0.121 e. The number of aldehydes is 1. The standard InChI is InChI=1S/C24H29N7O/c1-27-16-18(15-26)19-13-22-23(12-17(19)14-25)31(10-9-30(22)3)21-7-4-6-20(28-2)24(21)29-8-5-11-32/h4,6-7,11-13,15-16,28-29H,5,8-10,26H2,1-3H3. The fourth-order valence-corrected chi connectivity index (χ4v) is 3.93. The van der Waals surface area contributed by atoms with Crippen LogP contribution in [0.3, 0.4) is 0 Å². The van der Waals surface area contributed by atoms with Gasteiger partial charge in [0.05, 0.1) is 40.1 Å². The second-order valence-electron chi connectivity index (χ2n) is 7.41. The number of rotatable bonds is 8. The van der Waals surface area contributed by atoms with Gasteiger partial charge in [0.15, 0.2) is 0 Å². The van der Waals surface area contributed by atoms with Gasteiger partial charge in [0.2, 0.25) is 0 Å². The van der Waals surface area contributed by atoms with Crippen molar-refractivity contribution in [3.05, 3.63) is 47.7 Å². The lowest BCUT2D eigenvalue weighted by molar-refractivity contribution is -0.107. The lowest BCUT2D eigenvalue weighted by Crippen LogP contribution is -2.37. The third-order valence-electron chi connectivity index (χ3n) is 5.52. The van der Waals surface area contributed by atoms with Gasteiger partial charge < -0.3 is 31.0 Å². The van der Waals surface area contributed by atoms with Gasteiger partial charge in [-0.05, 0) is 24.3 Å². The van der Waals surface area contributed by atoms with Crippen molar-refractivity contribution in [3.63, 3.8) is 0 Å². The minimum absolute atomic E-state index is 0.423. The van der Waals surface area contributed by atoms with Crippen LogP contribution in [0.25, 0.3) is 5.57 Å². The molecule has 1 aliphatic heterocycles. The van der Waals surface area contributed by atoms with Gasteiger partial charge in [-0.25, -0.2) is 0 Å². The molecule has 3 rings (SSSR count). The van der Waals surface area contributed by atoms with E-state index in [0.29, 0.717) is 24.1 Å². The third kappa shape index (κ3) is 4.37. The molecule has 0 fully saturated rings. The highest BCUT2D eigenvalue weighted by atomic mass is 16.1. The number of carbonyl (C=O) groups is 1. The largest absolute Gasteiger partial charge is 0.404 e. The molecule has 8 nitrogen and oxygen atoms in total. The summed E-state index contributed by atoms with van der Waals surface area (Å²) in [5.41, 5.74) is 12.6. The SMILES string of the molecule is CN=CC(=CN)c1cc2c(cc1C#N)N(c1cccc(NC)c1NCCC=O)CCN2C. The Morgan fingerprint density at radius 1 is 1.28 bits per heavy atom. The summed E-state index contributed by atoms with van der Waals surface area (Å²) in [5, 5.41) is 16.5. The predicted molar refractivity (Wildman–Crippen MR) is 133 cm³/mol. The first-order valence-corrected chi connectivity index (χ1v) is 10.5. The summed E-state index contributed by atoms with van der Waals surface area (Å²) in [7, 11) is 5.59. The fourth-order valence-electron chi connectivity index (χ4n) is 3.93. The second-order valence-corrected chi connectivity index (χ2v) is 7.41. The molecular weight excluding hydrogens is 402 g/mol. The first kappa shape index (κ1) is 22.7. The molecule has 0 saturated carbocycles. The molecule has 2 aromatic rings. The number of nitrogens with zero attached hydrogens (tertiary/aromatic N) is 4. The zero-order chi connectivity index (χ0) is 23.1.